The fourth-order valence-electron chi connectivity index (χ4n) is 0.505. The first-order valence-electron chi connectivity index (χ1n) is 3.55. The van der Waals surface area contributed by atoms with Gasteiger partial charge in [-0.15, -0.1) is 0 Å². The highest BCUT2D eigenvalue weighted by Gasteiger charge is 1.85. The standard InChI is InChI=1S/C6H15ClOSi/c1-2-3-4-8-5-6-9-7/h2-6,9H2,1H3. The molecule has 0 aromatic rings. The maximum Gasteiger partial charge on any atom is 0.127 e. The van der Waals surface area contributed by atoms with Crippen molar-refractivity contribution < 1.29 is 4.74 Å². The zero-order valence-corrected chi connectivity index (χ0v) is 8.20. The zero-order chi connectivity index (χ0) is 6.95. The van der Waals surface area contributed by atoms with Crippen LogP contribution in [0.3, 0.4) is 0 Å². The Kier molecular flexibility index (Phi) is 8.91. The largest absolute Gasteiger partial charge is 0.382 e. The summed E-state index contributed by atoms with van der Waals surface area (Å²) in [6.07, 6.45) is 2.40. The lowest BCUT2D eigenvalue weighted by Gasteiger charge is -1.98. The number of rotatable bonds is 6. The van der Waals surface area contributed by atoms with Crippen molar-refractivity contribution in [3.63, 3.8) is 0 Å². The zero-order valence-electron chi connectivity index (χ0n) is 6.03. The molecule has 0 aliphatic heterocycles. The highest BCUT2D eigenvalue weighted by molar-refractivity contribution is 6.93. The van der Waals surface area contributed by atoms with Crippen LogP contribution >= 0.6 is 11.1 Å². The minimum atomic E-state index is -0.273. The van der Waals surface area contributed by atoms with Gasteiger partial charge in [-0.2, -0.15) is 11.1 Å². The van der Waals surface area contributed by atoms with E-state index in [9.17, 15) is 0 Å². The molecule has 0 fully saturated rings. The van der Waals surface area contributed by atoms with Crippen LogP contribution in [0.5, 0.6) is 0 Å². The molecule has 3 heteroatoms. The van der Waals surface area contributed by atoms with Gasteiger partial charge in [-0.1, -0.05) is 13.3 Å². The third-order valence-corrected chi connectivity index (χ3v) is 2.42. The van der Waals surface area contributed by atoms with Crippen LogP contribution in [0, 0.1) is 0 Å². The van der Waals surface area contributed by atoms with E-state index in [0.29, 0.717) is 0 Å². The molecule has 0 N–H and O–H groups in total. The highest BCUT2D eigenvalue weighted by Crippen LogP contribution is 1.90. The number of hydrogen-bond acceptors (Lipinski definition) is 1. The average molecular weight is 167 g/mol. The molecule has 0 amide bonds. The van der Waals surface area contributed by atoms with Crippen LogP contribution in [0.25, 0.3) is 0 Å². The van der Waals surface area contributed by atoms with Gasteiger partial charge in [0.1, 0.15) is 8.83 Å². The third-order valence-electron chi connectivity index (χ3n) is 1.06. The molecule has 0 aliphatic rings. The molecule has 0 radical (unpaired) electrons. The topological polar surface area (TPSA) is 9.23 Å². The first kappa shape index (κ1) is 9.47. The van der Waals surface area contributed by atoms with Gasteiger partial charge in [-0.05, 0) is 12.5 Å². The molecule has 1 nitrogen and oxygen atoms in total. The van der Waals surface area contributed by atoms with Crippen LogP contribution in [-0.4, -0.2) is 22.0 Å². The van der Waals surface area contributed by atoms with Crippen LogP contribution in [0.1, 0.15) is 19.8 Å². The molecule has 0 saturated carbocycles. The second kappa shape index (κ2) is 8.47. The predicted molar refractivity (Wildman–Crippen MR) is 44.9 cm³/mol. The molecular weight excluding hydrogens is 152 g/mol. The van der Waals surface area contributed by atoms with Crippen LogP contribution < -0.4 is 0 Å². The maximum atomic E-state index is 5.57. The van der Waals surface area contributed by atoms with Crippen molar-refractivity contribution in [2.24, 2.45) is 0 Å². The van der Waals surface area contributed by atoms with E-state index in [1.54, 1.807) is 0 Å². The van der Waals surface area contributed by atoms with Gasteiger partial charge < -0.3 is 4.74 Å². The lowest BCUT2D eigenvalue weighted by molar-refractivity contribution is 0.144. The molecule has 56 valence electrons. The summed E-state index contributed by atoms with van der Waals surface area (Å²) in [5, 5.41) is 0. The van der Waals surface area contributed by atoms with E-state index in [4.69, 9.17) is 15.8 Å². The van der Waals surface area contributed by atoms with Gasteiger partial charge in [-0.25, -0.2) is 0 Å². The van der Waals surface area contributed by atoms with E-state index in [0.717, 1.165) is 19.3 Å². The third kappa shape index (κ3) is 8.47. The van der Waals surface area contributed by atoms with E-state index in [1.807, 2.05) is 0 Å². The Bertz CT molecular complexity index is 46.3. The fraction of sp³-hybridized carbons (Fsp3) is 1.00. The highest BCUT2D eigenvalue weighted by atomic mass is 35.6. The van der Waals surface area contributed by atoms with Crippen molar-refractivity contribution in [1.82, 2.24) is 0 Å². The van der Waals surface area contributed by atoms with E-state index in [-0.39, 0.29) is 8.83 Å². The second-order valence-electron chi connectivity index (χ2n) is 2.01. The first-order chi connectivity index (χ1) is 4.41. The van der Waals surface area contributed by atoms with Crippen molar-refractivity contribution >= 4 is 19.9 Å². The Hall–Kier alpha value is 0.467. The van der Waals surface area contributed by atoms with Gasteiger partial charge in [0.05, 0.1) is 0 Å². The maximum absolute atomic E-state index is 5.57. The average Bonchev–Trinajstić information content (AvgIpc) is 1.89. The monoisotopic (exact) mass is 166 g/mol. The van der Waals surface area contributed by atoms with E-state index in [2.05, 4.69) is 6.92 Å². The van der Waals surface area contributed by atoms with Crippen molar-refractivity contribution in [1.29, 1.82) is 0 Å². The molecule has 0 saturated heterocycles. The van der Waals surface area contributed by atoms with Gasteiger partial charge in [0.2, 0.25) is 0 Å². The van der Waals surface area contributed by atoms with Crippen LogP contribution in [0.4, 0.5) is 0 Å². The summed E-state index contributed by atoms with van der Waals surface area (Å²) in [4.78, 5) is 0. The Labute approximate surface area is 64.3 Å². The smallest absolute Gasteiger partial charge is 0.127 e. The van der Waals surface area contributed by atoms with Crippen molar-refractivity contribution in [2.75, 3.05) is 13.2 Å². The lowest BCUT2D eigenvalue weighted by atomic mass is 10.4. The minimum absolute atomic E-state index is 0.273. The minimum Gasteiger partial charge on any atom is -0.382 e. The summed E-state index contributed by atoms with van der Waals surface area (Å²) in [6.45, 7) is 3.97. The van der Waals surface area contributed by atoms with E-state index in [1.165, 1.54) is 12.8 Å². The number of ether oxygens (including phenoxy) is 1. The van der Waals surface area contributed by atoms with Crippen molar-refractivity contribution in [3.05, 3.63) is 0 Å². The summed E-state index contributed by atoms with van der Waals surface area (Å²) >= 11 is 5.57. The first-order valence-corrected chi connectivity index (χ1v) is 6.69. The Balaban J connectivity index is 2.60. The quantitative estimate of drug-likeness (QED) is 0.331. The van der Waals surface area contributed by atoms with Gasteiger partial charge >= 0.3 is 0 Å². The summed E-state index contributed by atoms with van der Waals surface area (Å²) in [7, 11) is -0.273. The molecule has 0 unspecified atom stereocenters. The molecule has 9 heavy (non-hydrogen) atoms. The van der Waals surface area contributed by atoms with E-state index < -0.39 is 0 Å². The van der Waals surface area contributed by atoms with Gasteiger partial charge in [0, 0.05) is 13.2 Å². The van der Waals surface area contributed by atoms with Gasteiger partial charge in [0.15, 0.2) is 0 Å². The van der Waals surface area contributed by atoms with Crippen LogP contribution in [-0.2, 0) is 4.74 Å². The van der Waals surface area contributed by atoms with Crippen LogP contribution in [0.2, 0.25) is 6.04 Å². The molecule has 0 spiro atoms. The number of hydrogen-bond donors (Lipinski definition) is 0. The van der Waals surface area contributed by atoms with Crippen LogP contribution in [0.15, 0.2) is 0 Å². The summed E-state index contributed by atoms with van der Waals surface area (Å²) in [6, 6.07) is 1.12. The molecule has 0 heterocycles. The number of unbranched alkanes of at least 4 members (excludes halogenated alkanes) is 1. The molecule has 0 aromatic carbocycles. The molecule has 0 bridgehead atoms. The summed E-state index contributed by atoms with van der Waals surface area (Å²) in [5.74, 6) is 0. The van der Waals surface area contributed by atoms with Gasteiger partial charge in [0.25, 0.3) is 0 Å². The molecule has 0 atom stereocenters. The number of halogens is 1. The summed E-state index contributed by atoms with van der Waals surface area (Å²) in [5.41, 5.74) is 0. The molecule has 0 aliphatic carbocycles. The predicted octanol–water partition coefficient (Wildman–Crippen LogP) is 1.54. The Morgan fingerprint density at radius 2 is 2.22 bits per heavy atom. The molecule has 0 aromatic heterocycles. The summed E-state index contributed by atoms with van der Waals surface area (Å²) < 4.78 is 5.26. The SMILES string of the molecule is CCCCOCC[SiH2]Cl. The molecule has 0 rings (SSSR count). The van der Waals surface area contributed by atoms with Crippen molar-refractivity contribution in [3.8, 4) is 0 Å². The second-order valence-corrected chi connectivity index (χ2v) is 4.23. The lowest BCUT2D eigenvalue weighted by Crippen LogP contribution is -1.96. The molecular formula is C6H15ClOSi. The van der Waals surface area contributed by atoms with Crippen molar-refractivity contribution in [2.45, 2.75) is 25.8 Å². The van der Waals surface area contributed by atoms with Gasteiger partial charge in [-0.3, -0.25) is 0 Å². The Morgan fingerprint density at radius 3 is 2.78 bits per heavy atom. The van der Waals surface area contributed by atoms with E-state index >= 15 is 0 Å². The Morgan fingerprint density at radius 1 is 1.44 bits per heavy atom. The normalized spacial score (nSPS) is 11.3. The fourth-order valence-corrected chi connectivity index (χ4v) is 1.15.